The fourth-order valence-electron chi connectivity index (χ4n) is 3.02. The first-order valence-electron chi connectivity index (χ1n) is 6.55. The van der Waals surface area contributed by atoms with Gasteiger partial charge in [-0.25, -0.2) is 4.39 Å². The summed E-state index contributed by atoms with van der Waals surface area (Å²) >= 11 is 0. The molecule has 1 heterocycles. The maximum absolute atomic E-state index is 13.7. The van der Waals surface area contributed by atoms with Crippen LogP contribution in [0, 0.1) is 11.2 Å². The molecule has 0 saturated heterocycles. The predicted octanol–water partition coefficient (Wildman–Crippen LogP) is 3.14. The Morgan fingerprint density at radius 2 is 1.94 bits per heavy atom. The Hall–Kier alpha value is -1.58. The number of para-hydroxylation sites is 1. The van der Waals surface area contributed by atoms with Crippen LogP contribution in [0.2, 0.25) is 0 Å². The molecule has 18 heavy (non-hydrogen) atoms. The Labute approximate surface area is 106 Å². The molecule has 1 aromatic carbocycles. The normalized spacial score (nSPS) is 21.7. The van der Waals surface area contributed by atoms with Crippen molar-refractivity contribution < 1.29 is 9.18 Å². The molecule has 1 fully saturated rings. The van der Waals surface area contributed by atoms with Crippen LogP contribution < -0.4 is 10.6 Å². The van der Waals surface area contributed by atoms with Gasteiger partial charge in [0.05, 0.1) is 11.1 Å². The van der Waals surface area contributed by atoms with Crippen molar-refractivity contribution in [1.29, 1.82) is 0 Å². The first-order valence-corrected chi connectivity index (χ1v) is 6.55. The SMILES string of the molecule is O=C1Nc2c(F)cccc2NCC12CCCCC2. The highest BCUT2D eigenvalue weighted by Gasteiger charge is 2.41. The van der Waals surface area contributed by atoms with E-state index in [0.717, 1.165) is 25.7 Å². The highest BCUT2D eigenvalue weighted by Crippen LogP contribution is 2.41. The third-order valence-corrected chi connectivity index (χ3v) is 4.16. The molecule has 1 spiro atoms. The molecule has 96 valence electrons. The predicted molar refractivity (Wildman–Crippen MR) is 69.0 cm³/mol. The summed E-state index contributed by atoms with van der Waals surface area (Å²) in [6, 6.07) is 4.84. The topological polar surface area (TPSA) is 41.1 Å². The van der Waals surface area contributed by atoms with Gasteiger partial charge in [0.25, 0.3) is 0 Å². The summed E-state index contributed by atoms with van der Waals surface area (Å²) in [6.45, 7) is 0.606. The number of fused-ring (bicyclic) bond motifs is 1. The maximum atomic E-state index is 13.7. The number of carbonyl (C=O) groups is 1. The number of amides is 1. The quantitative estimate of drug-likeness (QED) is 0.740. The van der Waals surface area contributed by atoms with Gasteiger partial charge >= 0.3 is 0 Å². The maximum Gasteiger partial charge on any atom is 0.232 e. The van der Waals surface area contributed by atoms with Crippen LogP contribution in [0.1, 0.15) is 32.1 Å². The highest BCUT2D eigenvalue weighted by molar-refractivity contribution is 6.00. The summed E-state index contributed by atoms with van der Waals surface area (Å²) in [6.07, 6.45) is 5.13. The van der Waals surface area contributed by atoms with Gasteiger partial charge in [0.15, 0.2) is 0 Å². The van der Waals surface area contributed by atoms with Crippen molar-refractivity contribution in [2.75, 3.05) is 17.2 Å². The van der Waals surface area contributed by atoms with Crippen molar-refractivity contribution >= 4 is 17.3 Å². The van der Waals surface area contributed by atoms with Crippen LogP contribution in [-0.2, 0) is 4.79 Å². The lowest BCUT2D eigenvalue weighted by Gasteiger charge is -2.34. The Balaban J connectivity index is 1.95. The number of nitrogens with one attached hydrogen (secondary N) is 2. The van der Waals surface area contributed by atoms with Crippen molar-refractivity contribution in [3.05, 3.63) is 24.0 Å². The monoisotopic (exact) mass is 248 g/mol. The van der Waals surface area contributed by atoms with Crippen molar-refractivity contribution in [2.24, 2.45) is 5.41 Å². The summed E-state index contributed by atoms with van der Waals surface area (Å²) in [4.78, 5) is 12.4. The van der Waals surface area contributed by atoms with Gasteiger partial charge in [-0.1, -0.05) is 25.3 Å². The van der Waals surface area contributed by atoms with Crippen LogP contribution in [0.25, 0.3) is 0 Å². The molecule has 0 unspecified atom stereocenters. The summed E-state index contributed by atoms with van der Waals surface area (Å²) in [7, 11) is 0. The molecule has 0 atom stereocenters. The van der Waals surface area contributed by atoms with Crippen molar-refractivity contribution in [3.63, 3.8) is 0 Å². The highest BCUT2D eigenvalue weighted by atomic mass is 19.1. The standard InChI is InChI=1S/C14H17FN2O/c15-10-5-4-6-11-12(10)17-13(18)14(9-16-11)7-2-1-3-8-14/h4-6,16H,1-3,7-9H2,(H,17,18). The average Bonchev–Trinajstić information content (AvgIpc) is 2.52. The smallest absolute Gasteiger partial charge is 0.232 e. The molecule has 2 N–H and O–H groups in total. The number of hydrogen-bond donors (Lipinski definition) is 2. The number of carbonyl (C=O) groups excluding carboxylic acids is 1. The number of hydrogen-bond acceptors (Lipinski definition) is 2. The third-order valence-electron chi connectivity index (χ3n) is 4.16. The summed E-state index contributed by atoms with van der Waals surface area (Å²) in [5.41, 5.74) is 0.625. The van der Waals surface area contributed by atoms with Gasteiger partial charge in [0, 0.05) is 6.54 Å². The molecule has 3 nitrogen and oxygen atoms in total. The second kappa shape index (κ2) is 4.26. The molecule has 0 bridgehead atoms. The molecule has 4 heteroatoms. The molecular formula is C14H17FN2O. The van der Waals surface area contributed by atoms with Crippen LogP contribution in [0.15, 0.2) is 18.2 Å². The van der Waals surface area contributed by atoms with E-state index in [1.807, 2.05) is 0 Å². The Morgan fingerprint density at radius 1 is 1.17 bits per heavy atom. The minimum atomic E-state index is -0.374. The summed E-state index contributed by atoms with van der Waals surface area (Å²) in [5, 5.41) is 6.01. The zero-order valence-corrected chi connectivity index (χ0v) is 10.3. The van der Waals surface area contributed by atoms with Crippen LogP contribution in [0.4, 0.5) is 15.8 Å². The van der Waals surface area contributed by atoms with Crippen LogP contribution in [0.5, 0.6) is 0 Å². The third kappa shape index (κ3) is 1.76. The number of rotatable bonds is 0. The molecule has 1 aliphatic carbocycles. The minimum absolute atomic E-state index is 0.0291. The molecular weight excluding hydrogens is 231 g/mol. The molecule has 1 amide bonds. The zero-order chi connectivity index (χ0) is 12.6. The minimum Gasteiger partial charge on any atom is -0.382 e. The van der Waals surface area contributed by atoms with Gasteiger partial charge in [0.2, 0.25) is 5.91 Å². The van der Waals surface area contributed by atoms with Gasteiger partial charge in [-0.3, -0.25) is 4.79 Å². The molecule has 3 rings (SSSR count). The molecule has 0 aromatic heterocycles. The fraction of sp³-hybridized carbons (Fsp3) is 0.500. The van der Waals surface area contributed by atoms with Gasteiger partial charge in [-0.15, -0.1) is 0 Å². The van der Waals surface area contributed by atoms with Crippen LogP contribution in [-0.4, -0.2) is 12.5 Å². The first kappa shape index (κ1) is 11.5. The van der Waals surface area contributed by atoms with Crippen molar-refractivity contribution in [1.82, 2.24) is 0 Å². The number of halogens is 1. The van der Waals surface area contributed by atoms with E-state index in [1.54, 1.807) is 12.1 Å². The van der Waals surface area contributed by atoms with E-state index in [2.05, 4.69) is 10.6 Å². The lowest BCUT2D eigenvalue weighted by Crippen LogP contribution is -2.41. The Kier molecular flexibility index (Phi) is 2.73. The van der Waals surface area contributed by atoms with E-state index < -0.39 is 0 Å². The molecule has 1 aliphatic heterocycles. The second-order valence-corrected chi connectivity index (χ2v) is 5.31. The zero-order valence-electron chi connectivity index (χ0n) is 10.3. The van der Waals surface area contributed by atoms with E-state index in [0.29, 0.717) is 17.9 Å². The first-order chi connectivity index (χ1) is 8.71. The van der Waals surface area contributed by atoms with E-state index in [4.69, 9.17) is 0 Å². The van der Waals surface area contributed by atoms with E-state index in [-0.39, 0.29) is 17.1 Å². The molecule has 1 aromatic rings. The molecule has 0 radical (unpaired) electrons. The Bertz CT molecular complexity index is 481. The second-order valence-electron chi connectivity index (χ2n) is 5.31. The van der Waals surface area contributed by atoms with Gasteiger partial charge < -0.3 is 10.6 Å². The summed E-state index contributed by atoms with van der Waals surface area (Å²) in [5.74, 6) is -0.403. The van der Waals surface area contributed by atoms with Gasteiger partial charge in [0.1, 0.15) is 11.5 Å². The Morgan fingerprint density at radius 3 is 2.72 bits per heavy atom. The fourth-order valence-corrected chi connectivity index (χ4v) is 3.02. The average molecular weight is 248 g/mol. The molecule has 1 saturated carbocycles. The van der Waals surface area contributed by atoms with Crippen LogP contribution >= 0.6 is 0 Å². The van der Waals surface area contributed by atoms with E-state index in [9.17, 15) is 9.18 Å². The van der Waals surface area contributed by atoms with E-state index in [1.165, 1.54) is 12.5 Å². The number of benzene rings is 1. The van der Waals surface area contributed by atoms with Crippen LogP contribution in [0.3, 0.4) is 0 Å². The van der Waals surface area contributed by atoms with E-state index >= 15 is 0 Å². The largest absolute Gasteiger partial charge is 0.382 e. The lowest BCUT2D eigenvalue weighted by molar-refractivity contribution is -0.126. The molecule has 2 aliphatic rings. The van der Waals surface area contributed by atoms with Crippen molar-refractivity contribution in [2.45, 2.75) is 32.1 Å². The van der Waals surface area contributed by atoms with Crippen molar-refractivity contribution in [3.8, 4) is 0 Å². The lowest BCUT2D eigenvalue weighted by atomic mass is 9.73. The van der Waals surface area contributed by atoms with Gasteiger partial charge in [-0.05, 0) is 25.0 Å². The van der Waals surface area contributed by atoms with Gasteiger partial charge in [-0.2, -0.15) is 0 Å². The summed E-state index contributed by atoms with van der Waals surface area (Å²) < 4.78 is 13.7. The number of anilines is 2.